The summed E-state index contributed by atoms with van der Waals surface area (Å²) in [5.74, 6) is -1.23. The molecule has 24 heavy (non-hydrogen) atoms. The normalized spacial score (nSPS) is 10.6. The molecule has 1 aromatic carbocycles. The van der Waals surface area contributed by atoms with E-state index in [2.05, 4.69) is 31.2 Å². The highest BCUT2D eigenvalue weighted by atomic mass is 79.9. The van der Waals surface area contributed by atoms with Crippen molar-refractivity contribution in [2.24, 2.45) is 0 Å². The topological polar surface area (TPSA) is 101 Å². The molecule has 9 heteroatoms. The smallest absolute Gasteiger partial charge is 0.335 e. The molecule has 0 fully saturated rings. The predicted molar refractivity (Wildman–Crippen MR) is 93.0 cm³/mol. The van der Waals surface area contributed by atoms with Crippen LogP contribution in [0.4, 0.5) is 5.13 Å². The highest BCUT2D eigenvalue weighted by Gasteiger charge is 2.16. The number of benzene rings is 1. The lowest BCUT2D eigenvalue weighted by atomic mass is 10.2. The van der Waals surface area contributed by atoms with Gasteiger partial charge in [0.2, 0.25) is 5.88 Å². The Kier molecular flexibility index (Phi) is 4.45. The minimum atomic E-state index is -1.01. The van der Waals surface area contributed by atoms with E-state index >= 15 is 0 Å². The fourth-order valence-corrected chi connectivity index (χ4v) is 3.26. The second-order valence-electron chi connectivity index (χ2n) is 4.67. The van der Waals surface area contributed by atoms with E-state index in [9.17, 15) is 9.59 Å². The van der Waals surface area contributed by atoms with Gasteiger partial charge in [-0.1, -0.05) is 11.3 Å². The van der Waals surface area contributed by atoms with Gasteiger partial charge >= 0.3 is 5.97 Å². The first-order valence-corrected chi connectivity index (χ1v) is 8.23. The van der Waals surface area contributed by atoms with Crippen molar-refractivity contribution < 1.29 is 19.4 Å². The van der Waals surface area contributed by atoms with Crippen LogP contribution < -0.4 is 10.1 Å². The van der Waals surface area contributed by atoms with E-state index < -0.39 is 11.9 Å². The molecular weight excluding hydrogens is 398 g/mol. The molecule has 0 aliphatic heterocycles. The molecule has 2 N–H and O–H groups in total. The summed E-state index contributed by atoms with van der Waals surface area (Å²) in [4.78, 5) is 31.7. The third-order valence-electron chi connectivity index (χ3n) is 3.11. The van der Waals surface area contributed by atoms with Crippen molar-refractivity contribution in [2.75, 3.05) is 12.4 Å². The number of fused-ring (bicyclic) bond motifs is 1. The highest BCUT2D eigenvalue weighted by molar-refractivity contribution is 9.10. The van der Waals surface area contributed by atoms with Gasteiger partial charge in [-0.15, -0.1) is 0 Å². The van der Waals surface area contributed by atoms with Crippen LogP contribution in [0, 0.1) is 0 Å². The van der Waals surface area contributed by atoms with Gasteiger partial charge in [0.25, 0.3) is 5.91 Å². The first kappa shape index (κ1) is 16.3. The molecule has 0 saturated heterocycles. The fraction of sp³-hybridized carbons (Fsp3) is 0.0667. The Morgan fingerprint density at radius 1 is 1.33 bits per heavy atom. The van der Waals surface area contributed by atoms with E-state index in [0.29, 0.717) is 19.8 Å². The van der Waals surface area contributed by atoms with E-state index in [0.717, 1.165) is 0 Å². The van der Waals surface area contributed by atoms with Gasteiger partial charge in [0.1, 0.15) is 5.56 Å². The van der Waals surface area contributed by atoms with Crippen LogP contribution in [-0.2, 0) is 0 Å². The van der Waals surface area contributed by atoms with Crippen LogP contribution >= 0.6 is 27.3 Å². The molecule has 7 nitrogen and oxygen atoms in total. The molecule has 0 atom stereocenters. The number of aromatic carboxylic acids is 1. The summed E-state index contributed by atoms with van der Waals surface area (Å²) in [5.41, 5.74) is 1.04. The number of carboxylic acids is 1. The van der Waals surface area contributed by atoms with Crippen molar-refractivity contribution >= 4 is 54.5 Å². The zero-order chi connectivity index (χ0) is 17.3. The van der Waals surface area contributed by atoms with E-state index in [1.54, 1.807) is 12.1 Å². The maximum atomic E-state index is 12.4. The van der Waals surface area contributed by atoms with Crippen molar-refractivity contribution in [3.8, 4) is 5.88 Å². The molecule has 122 valence electrons. The van der Waals surface area contributed by atoms with Crippen molar-refractivity contribution in [2.45, 2.75) is 0 Å². The van der Waals surface area contributed by atoms with Crippen LogP contribution in [0.15, 0.2) is 34.9 Å². The molecule has 0 spiro atoms. The van der Waals surface area contributed by atoms with E-state index in [4.69, 9.17) is 9.84 Å². The molecule has 2 heterocycles. The first-order valence-electron chi connectivity index (χ1n) is 6.62. The average Bonchev–Trinajstić information content (AvgIpc) is 2.95. The van der Waals surface area contributed by atoms with Gasteiger partial charge in [-0.3, -0.25) is 10.1 Å². The maximum absolute atomic E-state index is 12.4. The lowest BCUT2D eigenvalue weighted by molar-refractivity contribution is 0.0697. The zero-order valence-corrected chi connectivity index (χ0v) is 14.6. The average molecular weight is 408 g/mol. The Labute approximate surface area is 148 Å². The van der Waals surface area contributed by atoms with Gasteiger partial charge in [0.15, 0.2) is 5.13 Å². The number of ether oxygens (including phenoxy) is 1. The number of nitrogens with one attached hydrogen (secondary N) is 1. The van der Waals surface area contributed by atoms with Gasteiger partial charge in [0.05, 0.1) is 22.9 Å². The quantitative estimate of drug-likeness (QED) is 0.686. The summed E-state index contributed by atoms with van der Waals surface area (Å²) in [6.07, 6.45) is 1.53. The first-order chi connectivity index (χ1) is 11.5. The lowest BCUT2D eigenvalue weighted by Gasteiger charge is -2.06. The molecule has 3 aromatic rings. The van der Waals surface area contributed by atoms with E-state index in [1.165, 1.54) is 36.8 Å². The number of rotatable bonds is 4. The van der Waals surface area contributed by atoms with Crippen molar-refractivity contribution in [3.63, 3.8) is 0 Å². The lowest BCUT2D eigenvalue weighted by Crippen LogP contribution is -2.13. The van der Waals surface area contributed by atoms with Gasteiger partial charge in [-0.25, -0.2) is 14.8 Å². The van der Waals surface area contributed by atoms with Gasteiger partial charge in [-0.05, 0) is 40.2 Å². The number of hydrogen-bond acceptors (Lipinski definition) is 6. The Hall–Kier alpha value is -2.52. The number of amides is 1. The van der Waals surface area contributed by atoms with Crippen LogP contribution in [-0.4, -0.2) is 34.1 Å². The number of carbonyl (C=O) groups excluding carboxylic acids is 1. The Morgan fingerprint density at radius 2 is 2.12 bits per heavy atom. The van der Waals surface area contributed by atoms with Gasteiger partial charge in [0, 0.05) is 10.7 Å². The number of methoxy groups -OCH3 is 1. The predicted octanol–water partition coefficient (Wildman–Crippen LogP) is 3.41. The van der Waals surface area contributed by atoms with Crippen molar-refractivity contribution in [1.82, 2.24) is 9.97 Å². The number of aromatic nitrogens is 2. The number of carbonyl (C=O) groups is 2. The Balaban J connectivity index is 1.91. The molecule has 3 rings (SSSR count). The summed E-state index contributed by atoms with van der Waals surface area (Å²) in [5, 5.41) is 12.1. The molecule has 0 radical (unpaired) electrons. The van der Waals surface area contributed by atoms with Crippen molar-refractivity contribution in [3.05, 3.63) is 46.1 Å². The zero-order valence-electron chi connectivity index (χ0n) is 12.2. The van der Waals surface area contributed by atoms with Crippen molar-refractivity contribution in [1.29, 1.82) is 0 Å². The number of thiazole rings is 1. The second-order valence-corrected chi connectivity index (χ2v) is 6.62. The van der Waals surface area contributed by atoms with E-state index in [1.807, 2.05) is 0 Å². The highest BCUT2D eigenvalue weighted by Crippen LogP contribution is 2.28. The number of carboxylic acid groups (broad SMARTS) is 1. The Bertz CT molecular complexity index is 957. The molecule has 2 aromatic heterocycles. The number of anilines is 1. The fourth-order valence-electron chi connectivity index (χ4n) is 2.03. The summed E-state index contributed by atoms with van der Waals surface area (Å²) in [7, 11) is 1.43. The molecule has 0 bridgehead atoms. The number of hydrogen-bond donors (Lipinski definition) is 2. The Morgan fingerprint density at radius 3 is 2.83 bits per heavy atom. The molecule has 0 aliphatic carbocycles. The molecule has 0 aliphatic rings. The largest absolute Gasteiger partial charge is 0.480 e. The van der Waals surface area contributed by atoms with E-state index in [-0.39, 0.29) is 17.0 Å². The molecule has 0 unspecified atom stereocenters. The third kappa shape index (κ3) is 3.22. The number of halogens is 1. The van der Waals surface area contributed by atoms with Crippen LogP contribution in [0.2, 0.25) is 0 Å². The second kappa shape index (κ2) is 6.54. The minimum Gasteiger partial charge on any atom is -0.480 e. The van der Waals surface area contributed by atoms with Crippen LogP contribution in [0.25, 0.3) is 10.2 Å². The van der Waals surface area contributed by atoms with Crippen LogP contribution in [0.5, 0.6) is 5.88 Å². The number of pyridine rings is 1. The summed E-state index contributed by atoms with van der Waals surface area (Å²) < 4.78 is 6.40. The van der Waals surface area contributed by atoms with Crippen LogP contribution in [0.1, 0.15) is 20.7 Å². The summed E-state index contributed by atoms with van der Waals surface area (Å²) in [6, 6.07) is 6.19. The summed E-state index contributed by atoms with van der Waals surface area (Å²) >= 11 is 4.45. The number of nitrogens with zero attached hydrogens (tertiary/aromatic N) is 2. The minimum absolute atomic E-state index is 0.168. The monoisotopic (exact) mass is 407 g/mol. The molecular formula is C15H10BrN3O4S. The third-order valence-corrected chi connectivity index (χ3v) is 4.48. The molecule has 0 saturated carbocycles. The van der Waals surface area contributed by atoms with Gasteiger partial charge in [-0.2, -0.15) is 0 Å². The molecule has 1 amide bonds. The van der Waals surface area contributed by atoms with Gasteiger partial charge < -0.3 is 9.84 Å². The summed E-state index contributed by atoms with van der Waals surface area (Å²) in [6.45, 7) is 0. The SMILES string of the molecule is COc1ncc(Br)cc1C(=O)Nc1nc2ccc(C(=O)O)cc2s1. The maximum Gasteiger partial charge on any atom is 0.335 e. The standard InChI is InChI=1S/C15H10BrN3O4S/c1-23-13-9(5-8(16)6-17-13)12(20)19-15-18-10-3-2-7(14(21)22)4-11(10)24-15/h2-6H,1H3,(H,21,22)(H,18,19,20). The van der Waals surface area contributed by atoms with Crippen LogP contribution in [0.3, 0.4) is 0 Å².